The van der Waals surface area contributed by atoms with Gasteiger partial charge in [0.15, 0.2) is 0 Å². The van der Waals surface area contributed by atoms with E-state index in [1.54, 1.807) is 12.3 Å². The molecule has 3 rings (SSSR count). The fourth-order valence-electron chi connectivity index (χ4n) is 2.33. The molecule has 1 aromatic carbocycles. The van der Waals surface area contributed by atoms with Crippen molar-refractivity contribution in [1.29, 1.82) is 0 Å². The SMILES string of the molecule is CN1CCN(C(=O)c2ccc3[c]ccnc3c2)CC1. The fraction of sp³-hybridized carbons (Fsp3) is 0.333. The molecule has 1 aliphatic heterocycles. The summed E-state index contributed by atoms with van der Waals surface area (Å²) in [6.45, 7) is 3.46. The molecule has 1 aliphatic rings. The summed E-state index contributed by atoms with van der Waals surface area (Å²) >= 11 is 0. The topological polar surface area (TPSA) is 36.4 Å². The van der Waals surface area contributed by atoms with Crippen molar-refractivity contribution in [3.8, 4) is 0 Å². The molecule has 0 unspecified atom stereocenters. The third-order valence-corrected chi connectivity index (χ3v) is 3.56. The molecule has 19 heavy (non-hydrogen) atoms. The van der Waals surface area contributed by atoms with E-state index in [4.69, 9.17) is 0 Å². The van der Waals surface area contributed by atoms with E-state index in [0.29, 0.717) is 5.56 Å². The van der Waals surface area contributed by atoms with Crippen molar-refractivity contribution in [2.45, 2.75) is 0 Å². The van der Waals surface area contributed by atoms with Crippen LogP contribution in [-0.2, 0) is 0 Å². The van der Waals surface area contributed by atoms with Gasteiger partial charge in [0.1, 0.15) is 0 Å². The number of carbonyl (C=O) groups is 1. The molecular formula is C15H16N3O. The largest absolute Gasteiger partial charge is 0.336 e. The molecule has 1 amide bonds. The molecule has 2 heterocycles. The predicted molar refractivity (Wildman–Crippen MR) is 74.0 cm³/mol. The Morgan fingerprint density at radius 2 is 2.05 bits per heavy atom. The van der Waals surface area contributed by atoms with Gasteiger partial charge in [0.25, 0.3) is 5.91 Å². The summed E-state index contributed by atoms with van der Waals surface area (Å²) in [4.78, 5) is 20.8. The lowest BCUT2D eigenvalue weighted by Gasteiger charge is -2.32. The molecule has 0 spiro atoms. The molecule has 1 saturated heterocycles. The third-order valence-electron chi connectivity index (χ3n) is 3.56. The number of pyridine rings is 1. The van der Waals surface area contributed by atoms with E-state index in [0.717, 1.165) is 37.1 Å². The second kappa shape index (κ2) is 4.97. The van der Waals surface area contributed by atoms with Crippen LogP contribution in [0.15, 0.2) is 30.5 Å². The lowest BCUT2D eigenvalue weighted by Crippen LogP contribution is -2.47. The van der Waals surface area contributed by atoms with Crippen molar-refractivity contribution < 1.29 is 4.79 Å². The van der Waals surface area contributed by atoms with Gasteiger partial charge in [0.05, 0.1) is 5.52 Å². The average molecular weight is 254 g/mol. The van der Waals surface area contributed by atoms with Gasteiger partial charge in [-0.1, -0.05) is 6.07 Å². The number of piperazine rings is 1. The molecule has 4 heteroatoms. The second-order valence-corrected chi connectivity index (χ2v) is 4.92. The van der Waals surface area contributed by atoms with Gasteiger partial charge in [-0.25, -0.2) is 0 Å². The van der Waals surface area contributed by atoms with E-state index in [1.807, 2.05) is 23.1 Å². The zero-order valence-corrected chi connectivity index (χ0v) is 11.0. The minimum atomic E-state index is 0.0978. The molecular weight excluding hydrogens is 238 g/mol. The van der Waals surface area contributed by atoms with Crippen molar-refractivity contribution in [1.82, 2.24) is 14.8 Å². The quantitative estimate of drug-likeness (QED) is 0.772. The van der Waals surface area contributed by atoms with Crippen molar-refractivity contribution in [3.63, 3.8) is 0 Å². The first-order chi connectivity index (χ1) is 9.24. The van der Waals surface area contributed by atoms with Gasteiger partial charge >= 0.3 is 0 Å². The highest BCUT2D eigenvalue weighted by Gasteiger charge is 2.20. The lowest BCUT2D eigenvalue weighted by molar-refractivity contribution is 0.0664. The van der Waals surface area contributed by atoms with Crippen LogP contribution in [0, 0.1) is 6.07 Å². The monoisotopic (exact) mass is 254 g/mol. The summed E-state index contributed by atoms with van der Waals surface area (Å²) < 4.78 is 0. The zero-order chi connectivity index (χ0) is 13.2. The first-order valence-corrected chi connectivity index (χ1v) is 6.48. The summed E-state index contributed by atoms with van der Waals surface area (Å²) in [5.41, 5.74) is 1.53. The van der Waals surface area contributed by atoms with Gasteiger partial charge in [-0.3, -0.25) is 9.78 Å². The Bertz CT molecular complexity index is 603. The minimum absolute atomic E-state index is 0.0978. The average Bonchev–Trinajstić information content (AvgIpc) is 2.47. The third kappa shape index (κ3) is 2.44. The normalized spacial score (nSPS) is 16.8. The smallest absolute Gasteiger partial charge is 0.254 e. The van der Waals surface area contributed by atoms with Gasteiger partial charge < -0.3 is 9.80 Å². The Hall–Kier alpha value is -1.94. The maximum atomic E-state index is 12.4. The molecule has 2 aromatic rings. The summed E-state index contributed by atoms with van der Waals surface area (Å²) in [5.74, 6) is 0.0978. The molecule has 97 valence electrons. The summed E-state index contributed by atoms with van der Waals surface area (Å²) in [5, 5.41) is 0.942. The highest BCUT2D eigenvalue weighted by atomic mass is 16.2. The van der Waals surface area contributed by atoms with E-state index in [2.05, 4.69) is 23.0 Å². The molecule has 0 aliphatic carbocycles. The van der Waals surface area contributed by atoms with Gasteiger partial charge in [0.2, 0.25) is 0 Å². The summed E-state index contributed by atoms with van der Waals surface area (Å²) in [7, 11) is 2.08. The maximum Gasteiger partial charge on any atom is 0.254 e. The van der Waals surface area contributed by atoms with Crippen LogP contribution >= 0.6 is 0 Å². The molecule has 0 saturated carbocycles. The number of carbonyl (C=O) groups excluding carboxylic acids is 1. The Morgan fingerprint density at radius 3 is 2.84 bits per heavy atom. The van der Waals surface area contributed by atoms with Gasteiger partial charge in [0, 0.05) is 43.3 Å². The summed E-state index contributed by atoms with van der Waals surface area (Å²) in [6, 6.07) is 10.5. The van der Waals surface area contributed by atoms with E-state index in [9.17, 15) is 4.79 Å². The molecule has 0 bridgehead atoms. The number of nitrogens with zero attached hydrogens (tertiary/aromatic N) is 3. The highest BCUT2D eigenvalue weighted by Crippen LogP contribution is 2.15. The van der Waals surface area contributed by atoms with Gasteiger partial charge in [-0.2, -0.15) is 0 Å². The van der Waals surface area contributed by atoms with E-state index in [-0.39, 0.29) is 5.91 Å². The fourth-order valence-corrected chi connectivity index (χ4v) is 2.33. The standard InChI is InChI=1S/C15H16N3O/c1-17-7-9-18(10-8-17)15(19)13-5-4-12-3-2-6-16-14(12)11-13/h2,4-6,11H,7-10H2,1H3. The van der Waals surface area contributed by atoms with Crippen LogP contribution < -0.4 is 0 Å². The predicted octanol–water partition coefficient (Wildman–Crippen LogP) is 1.42. The zero-order valence-electron chi connectivity index (χ0n) is 11.0. The lowest BCUT2D eigenvalue weighted by atomic mass is 10.1. The Labute approximate surface area is 112 Å². The second-order valence-electron chi connectivity index (χ2n) is 4.92. The summed E-state index contributed by atoms with van der Waals surface area (Å²) in [6.07, 6.45) is 1.70. The van der Waals surface area contributed by atoms with Crippen molar-refractivity contribution >= 4 is 16.8 Å². The van der Waals surface area contributed by atoms with E-state index >= 15 is 0 Å². The minimum Gasteiger partial charge on any atom is -0.336 e. The number of fused-ring (bicyclic) bond motifs is 1. The Balaban J connectivity index is 1.85. The Morgan fingerprint density at radius 1 is 1.26 bits per heavy atom. The number of likely N-dealkylation sites (N-methyl/N-ethyl adjacent to an activating group) is 1. The first-order valence-electron chi connectivity index (χ1n) is 6.48. The van der Waals surface area contributed by atoms with Crippen LogP contribution in [0.1, 0.15) is 10.4 Å². The van der Waals surface area contributed by atoms with E-state index in [1.165, 1.54) is 0 Å². The van der Waals surface area contributed by atoms with Crippen LogP contribution in [0.4, 0.5) is 0 Å². The molecule has 1 fully saturated rings. The van der Waals surface area contributed by atoms with Crippen LogP contribution in [0.5, 0.6) is 0 Å². The van der Waals surface area contributed by atoms with Gasteiger partial charge in [-0.05, 0) is 31.3 Å². The van der Waals surface area contributed by atoms with Crippen LogP contribution in [0.2, 0.25) is 0 Å². The molecule has 0 N–H and O–H groups in total. The van der Waals surface area contributed by atoms with Crippen LogP contribution in [0.3, 0.4) is 0 Å². The highest BCUT2D eigenvalue weighted by molar-refractivity contribution is 5.97. The molecule has 4 nitrogen and oxygen atoms in total. The maximum absolute atomic E-state index is 12.4. The van der Waals surface area contributed by atoms with E-state index < -0.39 is 0 Å². The number of benzene rings is 1. The van der Waals surface area contributed by atoms with Crippen molar-refractivity contribution in [3.05, 3.63) is 42.1 Å². The van der Waals surface area contributed by atoms with Crippen LogP contribution in [-0.4, -0.2) is 53.9 Å². The number of hydrogen-bond donors (Lipinski definition) is 0. The molecule has 1 aromatic heterocycles. The molecule has 0 atom stereocenters. The van der Waals surface area contributed by atoms with Crippen LogP contribution in [0.25, 0.3) is 10.9 Å². The molecule has 1 radical (unpaired) electrons. The van der Waals surface area contributed by atoms with Crippen molar-refractivity contribution in [2.75, 3.05) is 33.2 Å². The number of hydrogen-bond acceptors (Lipinski definition) is 3. The number of rotatable bonds is 1. The van der Waals surface area contributed by atoms with Crippen molar-refractivity contribution in [2.24, 2.45) is 0 Å². The Kier molecular flexibility index (Phi) is 3.17. The first kappa shape index (κ1) is 12.1. The number of amides is 1. The number of aromatic nitrogens is 1. The van der Waals surface area contributed by atoms with Gasteiger partial charge in [-0.15, -0.1) is 0 Å².